The zero-order chi connectivity index (χ0) is 11.5. The van der Waals surface area contributed by atoms with Crippen molar-refractivity contribution < 1.29 is 9.50 Å². The monoisotopic (exact) mass is 285 g/mol. The van der Waals surface area contributed by atoms with Gasteiger partial charge in [-0.3, -0.25) is 0 Å². The Balaban J connectivity index is 2.19. The Labute approximate surface area is 99.9 Å². The molecule has 2 rings (SSSR count). The number of rotatable bonds is 3. The average molecular weight is 286 g/mol. The quantitative estimate of drug-likeness (QED) is 0.941. The number of alkyl halides is 1. The smallest absolute Gasteiger partial charge is 0.223 e. The number of aliphatic hydroxyl groups excluding tert-OH is 1. The lowest BCUT2D eigenvalue weighted by molar-refractivity contribution is 0.0253. The van der Waals surface area contributed by atoms with Crippen molar-refractivity contribution in [2.45, 2.75) is 12.4 Å². The Morgan fingerprint density at radius 2 is 2.00 bits per heavy atom. The second kappa shape index (κ2) is 4.71. The SMILES string of the molecule is OC(c1ccc(Br)cc1)C(F)n1cncn1. The van der Waals surface area contributed by atoms with E-state index in [0.717, 1.165) is 9.15 Å². The molecule has 2 atom stereocenters. The van der Waals surface area contributed by atoms with Crippen molar-refractivity contribution in [2.24, 2.45) is 0 Å². The fraction of sp³-hybridized carbons (Fsp3) is 0.200. The lowest BCUT2D eigenvalue weighted by Gasteiger charge is -2.15. The molecule has 1 N–H and O–H groups in total. The topological polar surface area (TPSA) is 50.9 Å². The maximum Gasteiger partial charge on any atom is 0.223 e. The minimum Gasteiger partial charge on any atom is -0.383 e. The fourth-order valence-electron chi connectivity index (χ4n) is 1.31. The number of nitrogens with zero attached hydrogens (tertiary/aromatic N) is 3. The summed E-state index contributed by atoms with van der Waals surface area (Å²) < 4.78 is 15.6. The molecule has 0 aliphatic carbocycles. The maximum absolute atomic E-state index is 13.7. The van der Waals surface area contributed by atoms with E-state index in [1.54, 1.807) is 24.3 Å². The Morgan fingerprint density at radius 3 is 2.56 bits per heavy atom. The van der Waals surface area contributed by atoms with Crippen LogP contribution in [0.3, 0.4) is 0 Å². The van der Waals surface area contributed by atoms with Crippen LogP contribution in [0.15, 0.2) is 41.4 Å². The average Bonchev–Trinajstić information content (AvgIpc) is 2.81. The third-order valence-electron chi connectivity index (χ3n) is 2.16. The van der Waals surface area contributed by atoms with Gasteiger partial charge in [-0.1, -0.05) is 28.1 Å². The van der Waals surface area contributed by atoms with Crippen LogP contribution < -0.4 is 0 Å². The molecule has 1 aromatic carbocycles. The van der Waals surface area contributed by atoms with Gasteiger partial charge in [0.2, 0.25) is 6.30 Å². The maximum atomic E-state index is 13.7. The molecule has 0 aliphatic heterocycles. The van der Waals surface area contributed by atoms with Crippen molar-refractivity contribution in [3.63, 3.8) is 0 Å². The van der Waals surface area contributed by atoms with E-state index >= 15 is 0 Å². The molecule has 0 saturated heterocycles. The van der Waals surface area contributed by atoms with Crippen LogP contribution in [-0.4, -0.2) is 19.9 Å². The fourth-order valence-corrected chi connectivity index (χ4v) is 1.57. The molecule has 0 amide bonds. The van der Waals surface area contributed by atoms with E-state index in [-0.39, 0.29) is 0 Å². The largest absolute Gasteiger partial charge is 0.383 e. The van der Waals surface area contributed by atoms with Gasteiger partial charge in [0, 0.05) is 4.47 Å². The molecule has 4 nitrogen and oxygen atoms in total. The van der Waals surface area contributed by atoms with E-state index in [4.69, 9.17) is 0 Å². The molecule has 2 unspecified atom stereocenters. The molecule has 1 heterocycles. The summed E-state index contributed by atoms with van der Waals surface area (Å²) in [5, 5.41) is 13.4. The van der Waals surface area contributed by atoms with Crippen molar-refractivity contribution in [2.75, 3.05) is 0 Å². The molecule has 84 valence electrons. The predicted molar refractivity (Wildman–Crippen MR) is 59.3 cm³/mol. The zero-order valence-electron chi connectivity index (χ0n) is 8.16. The van der Waals surface area contributed by atoms with Crippen LogP contribution >= 0.6 is 15.9 Å². The predicted octanol–water partition coefficient (Wildman–Crippen LogP) is 2.24. The molecule has 0 spiro atoms. The van der Waals surface area contributed by atoms with E-state index in [9.17, 15) is 9.50 Å². The van der Waals surface area contributed by atoms with Crippen molar-refractivity contribution in [3.05, 3.63) is 47.0 Å². The summed E-state index contributed by atoms with van der Waals surface area (Å²) in [6.07, 6.45) is -0.438. The van der Waals surface area contributed by atoms with Crippen LogP contribution in [0.25, 0.3) is 0 Å². The summed E-state index contributed by atoms with van der Waals surface area (Å²) in [5.41, 5.74) is 0.492. The molecule has 0 aliphatic rings. The third-order valence-corrected chi connectivity index (χ3v) is 2.69. The molecule has 0 fully saturated rings. The third kappa shape index (κ3) is 2.28. The van der Waals surface area contributed by atoms with E-state index < -0.39 is 12.4 Å². The van der Waals surface area contributed by atoms with Gasteiger partial charge in [0.25, 0.3) is 0 Å². The van der Waals surface area contributed by atoms with Gasteiger partial charge >= 0.3 is 0 Å². The highest BCUT2D eigenvalue weighted by atomic mass is 79.9. The first kappa shape index (κ1) is 11.2. The van der Waals surface area contributed by atoms with Crippen LogP contribution in [0.1, 0.15) is 18.0 Å². The summed E-state index contributed by atoms with van der Waals surface area (Å²) in [6.45, 7) is 0. The lowest BCUT2D eigenvalue weighted by atomic mass is 10.1. The molecule has 0 bridgehead atoms. The molecular formula is C10H9BrFN3O. The van der Waals surface area contributed by atoms with Crippen molar-refractivity contribution in [1.29, 1.82) is 0 Å². The van der Waals surface area contributed by atoms with Crippen LogP contribution in [0.2, 0.25) is 0 Å². The second-order valence-electron chi connectivity index (χ2n) is 3.24. The van der Waals surface area contributed by atoms with Crippen LogP contribution in [0.4, 0.5) is 4.39 Å². The van der Waals surface area contributed by atoms with Crippen molar-refractivity contribution in [1.82, 2.24) is 14.8 Å². The summed E-state index contributed by atoms with van der Waals surface area (Å²) in [4.78, 5) is 3.63. The highest BCUT2D eigenvalue weighted by Gasteiger charge is 2.22. The van der Waals surface area contributed by atoms with Gasteiger partial charge in [-0.05, 0) is 17.7 Å². The normalized spacial score (nSPS) is 14.7. The molecular weight excluding hydrogens is 277 g/mol. The first-order valence-electron chi connectivity index (χ1n) is 4.60. The van der Waals surface area contributed by atoms with Gasteiger partial charge in [0.15, 0.2) is 0 Å². The summed E-state index contributed by atoms with van der Waals surface area (Å²) in [5.74, 6) is 0. The summed E-state index contributed by atoms with van der Waals surface area (Å²) in [6, 6.07) is 6.79. The van der Waals surface area contributed by atoms with Gasteiger partial charge in [-0.15, -0.1) is 0 Å². The first-order chi connectivity index (χ1) is 7.68. The molecule has 0 saturated carbocycles. The Hall–Kier alpha value is -1.27. The molecule has 2 aromatic rings. The number of hydrogen-bond acceptors (Lipinski definition) is 3. The number of aromatic nitrogens is 3. The Bertz CT molecular complexity index is 446. The minimum atomic E-state index is -1.64. The molecule has 0 radical (unpaired) electrons. The number of benzene rings is 1. The summed E-state index contributed by atoms with van der Waals surface area (Å²) in [7, 11) is 0. The van der Waals surface area contributed by atoms with Crippen LogP contribution in [0.5, 0.6) is 0 Å². The number of halogens is 2. The van der Waals surface area contributed by atoms with Gasteiger partial charge in [0.05, 0.1) is 0 Å². The van der Waals surface area contributed by atoms with E-state index in [1.165, 1.54) is 12.7 Å². The highest BCUT2D eigenvalue weighted by molar-refractivity contribution is 9.10. The first-order valence-corrected chi connectivity index (χ1v) is 5.39. The van der Waals surface area contributed by atoms with Gasteiger partial charge in [0.1, 0.15) is 18.8 Å². The van der Waals surface area contributed by atoms with Crippen LogP contribution in [-0.2, 0) is 0 Å². The van der Waals surface area contributed by atoms with E-state index in [2.05, 4.69) is 26.0 Å². The highest BCUT2D eigenvalue weighted by Crippen LogP contribution is 2.27. The second-order valence-corrected chi connectivity index (χ2v) is 4.16. The summed E-state index contributed by atoms with van der Waals surface area (Å²) >= 11 is 3.27. The Kier molecular flexibility index (Phi) is 3.31. The van der Waals surface area contributed by atoms with E-state index in [0.29, 0.717) is 5.56 Å². The van der Waals surface area contributed by atoms with Crippen LogP contribution in [0, 0.1) is 0 Å². The standard InChI is InChI=1S/C10H9BrFN3O/c11-8-3-1-7(2-4-8)9(16)10(12)15-6-13-5-14-15/h1-6,9-10,16H. The van der Waals surface area contributed by atoms with Gasteiger partial charge in [-0.2, -0.15) is 5.10 Å². The zero-order valence-corrected chi connectivity index (χ0v) is 9.75. The van der Waals surface area contributed by atoms with Gasteiger partial charge in [-0.25, -0.2) is 14.1 Å². The number of aliphatic hydroxyl groups is 1. The number of hydrogen-bond donors (Lipinski definition) is 1. The Morgan fingerprint density at radius 1 is 1.31 bits per heavy atom. The lowest BCUT2D eigenvalue weighted by Crippen LogP contribution is -2.14. The van der Waals surface area contributed by atoms with E-state index in [1.807, 2.05) is 0 Å². The van der Waals surface area contributed by atoms with Gasteiger partial charge < -0.3 is 5.11 Å². The molecule has 6 heteroatoms. The van der Waals surface area contributed by atoms with Crippen molar-refractivity contribution >= 4 is 15.9 Å². The minimum absolute atomic E-state index is 0.492. The molecule has 16 heavy (non-hydrogen) atoms. The van der Waals surface area contributed by atoms with Crippen molar-refractivity contribution in [3.8, 4) is 0 Å². The molecule has 1 aromatic heterocycles.